The van der Waals surface area contributed by atoms with Crippen molar-refractivity contribution in [2.24, 2.45) is 11.7 Å². The van der Waals surface area contributed by atoms with E-state index in [0.717, 1.165) is 29.9 Å². The van der Waals surface area contributed by atoms with Crippen molar-refractivity contribution in [3.05, 3.63) is 23.8 Å². The second-order valence-electron chi connectivity index (χ2n) is 5.48. The van der Waals surface area contributed by atoms with Gasteiger partial charge in [0, 0.05) is 13.0 Å². The van der Waals surface area contributed by atoms with Crippen LogP contribution in [0, 0.1) is 5.92 Å². The summed E-state index contributed by atoms with van der Waals surface area (Å²) in [5, 5.41) is 2.94. The summed E-state index contributed by atoms with van der Waals surface area (Å²) < 4.78 is 11.0. The number of benzene rings is 1. The number of nitrogens with one attached hydrogen (secondary N) is 1. The Labute approximate surface area is 125 Å². The minimum absolute atomic E-state index is 0.0776. The maximum absolute atomic E-state index is 11.8. The van der Waals surface area contributed by atoms with Crippen LogP contribution in [0.25, 0.3) is 0 Å². The highest BCUT2D eigenvalue weighted by molar-refractivity contribution is 5.75. The van der Waals surface area contributed by atoms with Crippen LogP contribution in [-0.4, -0.2) is 25.7 Å². The van der Waals surface area contributed by atoms with E-state index in [1.807, 2.05) is 18.2 Å². The molecule has 0 saturated carbocycles. The van der Waals surface area contributed by atoms with Crippen LogP contribution in [0.1, 0.15) is 31.7 Å². The van der Waals surface area contributed by atoms with Crippen molar-refractivity contribution in [2.45, 2.75) is 32.7 Å². The highest BCUT2D eigenvalue weighted by Gasteiger charge is 2.12. The Bertz CT molecular complexity index is 477. The van der Waals surface area contributed by atoms with Gasteiger partial charge in [0.05, 0.1) is 0 Å². The minimum atomic E-state index is 0.0776. The SMILES string of the molecule is CC(CCN)CCC(=O)NCc1ccc2c(c1)OCCO2. The molecule has 1 heterocycles. The Balaban J connectivity index is 1.76. The molecule has 0 fully saturated rings. The maximum atomic E-state index is 11.8. The lowest BCUT2D eigenvalue weighted by molar-refractivity contribution is -0.121. The number of fused-ring (bicyclic) bond motifs is 1. The molecule has 1 aliphatic rings. The molecule has 2 rings (SSSR count). The number of hydrogen-bond acceptors (Lipinski definition) is 4. The smallest absolute Gasteiger partial charge is 0.220 e. The maximum Gasteiger partial charge on any atom is 0.220 e. The molecule has 1 aromatic rings. The number of ether oxygens (including phenoxy) is 2. The van der Waals surface area contributed by atoms with Crippen molar-refractivity contribution in [2.75, 3.05) is 19.8 Å². The number of hydrogen-bond donors (Lipinski definition) is 2. The number of amides is 1. The van der Waals surface area contributed by atoms with Gasteiger partial charge in [-0.25, -0.2) is 0 Å². The first kappa shape index (κ1) is 15.6. The number of carbonyl (C=O) groups excluding carboxylic acids is 1. The fourth-order valence-corrected chi connectivity index (χ4v) is 2.29. The molecule has 5 nitrogen and oxygen atoms in total. The third-order valence-electron chi connectivity index (χ3n) is 3.62. The fraction of sp³-hybridized carbons (Fsp3) is 0.562. The average molecular weight is 292 g/mol. The van der Waals surface area contributed by atoms with E-state index in [9.17, 15) is 4.79 Å². The highest BCUT2D eigenvalue weighted by Crippen LogP contribution is 2.30. The van der Waals surface area contributed by atoms with Gasteiger partial charge in [-0.2, -0.15) is 0 Å². The molecule has 1 amide bonds. The molecule has 5 heteroatoms. The Hall–Kier alpha value is -1.75. The molecule has 0 radical (unpaired) electrons. The van der Waals surface area contributed by atoms with Gasteiger partial charge in [-0.1, -0.05) is 13.0 Å². The topological polar surface area (TPSA) is 73.6 Å². The molecule has 0 saturated heterocycles. The van der Waals surface area contributed by atoms with Gasteiger partial charge in [0.2, 0.25) is 5.91 Å². The van der Waals surface area contributed by atoms with Gasteiger partial charge < -0.3 is 20.5 Å². The van der Waals surface area contributed by atoms with Crippen LogP contribution < -0.4 is 20.5 Å². The standard InChI is InChI=1S/C16H24N2O3/c1-12(6-7-17)2-5-16(19)18-11-13-3-4-14-15(10-13)21-9-8-20-14/h3-4,10,12H,2,5-9,11,17H2,1H3,(H,18,19). The Morgan fingerprint density at radius 3 is 2.81 bits per heavy atom. The van der Waals surface area contributed by atoms with Gasteiger partial charge in [0.1, 0.15) is 13.2 Å². The van der Waals surface area contributed by atoms with Gasteiger partial charge in [0.15, 0.2) is 11.5 Å². The van der Waals surface area contributed by atoms with Gasteiger partial charge in [-0.05, 0) is 43.0 Å². The van der Waals surface area contributed by atoms with Crippen LogP contribution in [-0.2, 0) is 11.3 Å². The van der Waals surface area contributed by atoms with Crippen LogP contribution >= 0.6 is 0 Å². The first-order valence-electron chi connectivity index (χ1n) is 7.54. The van der Waals surface area contributed by atoms with Crippen molar-refractivity contribution in [1.29, 1.82) is 0 Å². The second-order valence-corrected chi connectivity index (χ2v) is 5.48. The molecule has 116 valence electrons. The summed E-state index contributed by atoms with van der Waals surface area (Å²) in [7, 11) is 0. The van der Waals surface area contributed by atoms with Gasteiger partial charge >= 0.3 is 0 Å². The zero-order valence-corrected chi connectivity index (χ0v) is 12.6. The molecule has 1 unspecified atom stereocenters. The van der Waals surface area contributed by atoms with Crippen LogP contribution in [0.2, 0.25) is 0 Å². The molecule has 1 aromatic carbocycles. The first-order chi connectivity index (χ1) is 10.2. The molecule has 0 aromatic heterocycles. The highest BCUT2D eigenvalue weighted by atomic mass is 16.6. The molecular formula is C16H24N2O3. The predicted molar refractivity (Wildman–Crippen MR) is 81.3 cm³/mol. The minimum Gasteiger partial charge on any atom is -0.486 e. The lowest BCUT2D eigenvalue weighted by atomic mass is 10.0. The largest absolute Gasteiger partial charge is 0.486 e. The molecule has 21 heavy (non-hydrogen) atoms. The van der Waals surface area contributed by atoms with E-state index in [2.05, 4.69) is 12.2 Å². The van der Waals surface area contributed by atoms with E-state index >= 15 is 0 Å². The molecule has 3 N–H and O–H groups in total. The summed E-state index contributed by atoms with van der Waals surface area (Å²) in [5.41, 5.74) is 6.52. The van der Waals surface area contributed by atoms with E-state index < -0.39 is 0 Å². The Morgan fingerprint density at radius 2 is 2.05 bits per heavy atom. The zero-order valence-electron chi connectivity index (χ0n) is 12.6. The summed E-state index contributed by atoms with van der Waals surface area (Å²) in [6, 6.07) is 5.76. The molecular weight excluding hydrogens is 268 g/mol. The number of rotatable bonds is 7. The van der Waals surface area contributed by atoms with E-state index in [1.165, 1.54) is 0 Å². The van der Waals surface area contributed by atoms with Crippen LogP contribution in [0.4, 0.5) is 0 Å². The van der Waals surface area contributed by atoms with Crippen LogP contribution in [0.3, 0.4) is 0 Å². The van der Waals surface area contributed by atoms with E-state index in [4.69, 9.17) is 15.2 Å². The van der Waals surface area contributed by atoms with Gasteiger partial charge in [0.25, 0.3) is 0 Å². The summed E-state index contributed by atoms with van der Waals surface area (Å²) in [6.45, 7) is 4.48. The summed E-state index contributed by atoms with van der Waals surface area (Å²) in [5.74, 6) is 2.10. The quantitative estimate of drug-likeness (QED) is 0.804. The lowest BCUT2D eigenvalue weighted by Gasteiger charge is -2.19. The first-order valence-corrected chi connectivity index (χ1v) is 7.54. The normalized spacial score (nSPS) is 14.6. The fourth-order valence-electron chi connectivity index (χ4n) is 2.29. The van der Waals surface area contributed by atoms with Gasteiger partial charge in [-0.15, -0.1) is 0 Å². The predicted octanol–water partition coefficient (Wildman–Crippen LogP) is 1.84. The molecule has 0 aliphatic carbocycles. The van der Waals surface area contributed by atoms with E-state index in [1.54, 1.807) is 0 Å². The number of carbonyl (C=O) groups is 1. The monoisotopic (exact) mass is 292 g/mol. The summed E-state index contributed by atoms with van der Waals surface area (Å²) >= 11 is 0. The summed E-state index contributed by atoms with van der Waals surface area (Å²) in [4.78, 5) is 11.8. The van der Waals surface area contributed by atoms with E-state index in [-0.39, 0.29) is 5.91 Å². The van der Waals surface area contributed by atoms with E-state index in [0.29, 0.717) is 38.6 Å². The summed E-state index contributed by atoms with van der Waals surface area (Å²) in [6.07, 6.45) is 2.39. The van der Waals surface area contributed by atoms with Crippen molar-refractivity contribution in [3.63, 3.8) is 0 Å². The molecule has 1 atom stereocenters. The average Bonchev–Trinajstić information content (AvgIpc) is 2.51. The third kappa shape index (κ3) is 4.93. The molecule has 0 bridgehead atoms. The van der Waals surface area contributed by atoms with Crippen molar-refractivity contribution < 1.29 is 14.3 Å². The van der Waals surface area contributed by atoms with Crippen LogP contribution in [0.5, 0.6) is 11.5 Å². The Morgan fingerprint density at radius 1 is 1.29 bits per heavy atom. The van der Waals surface area contributed by atoms with Crippen molar-refractivity contribution in [3.8, 4) is 11.5 Å². The second kappa shape index (κ2) is 7.88. The van der Waals surface area contributed by atoms with Crippen molar-refractivity contribution >= 4 is 5.91 Å². The molecule has 0 spiro atoms. The third-order valence-corrected chi connectivity index (χ3v) is 3.62. The molecule has 1 aliphatic heterocycles. The van der Waals surface area contributed by atoms with Gasteiger partial charge in [-0.3, -0.25) is 4.79 Å². The zero-order chi connectivity index (χ0) is 15.1. The van der Waals surface area contributed by atoms with Crippen molar-refractivity contribution in [1.82, 2.24) is 5.32 Å². The Kier molecular flexibility index (Phi) is 5.87. The number of nitrogens with two attached hydrogens (primary N) is 1. The lowest BCUT2D eigenvalue weighted by Crippen LogP contribution is -2.23. The van der Waals surface area contributed by atoms with Crippen LogP contribution in [0.15, 0.2) is 18.2 Å².